The molecular formula is C13H11Cl2NO. The minimum Gasteiger partial charge on any atom is -0.492 e. The second kappa shape index (κ2) is 5.89. The number of pyridine rings is 1. The molecule has 0 saturated heterocycles. The molecule has 17 heavy (non-hydrogen) atoms. The number of rotatable bonds is 4. The van der Waals surface area contributed by atoms with Gasteiger partial charge in [0.05, 0.1) is 11.6 Å². The first-order valence-electron chi connectivity index (χ1n) is 5.22. The highest BCUT2D eigenvalue weighted by Gasteiger charge is 2.02. The van der Waals surface area contributed by atoms with Crippen LogP contribution in [0.3, 0.4) is 0 Å². The van der Waals surface area contributed by atoms with Gasteiger partial charge in [-0.15, -0.1) is 0 Å². The molecule has 2 nitrogen and oxygen atoms in total. The van der Waals surface area contributed by atoms with Gasteiger partial charge in [-0.2, -0.15) is 0 Å². The van der Waals surface area contributed by atoms with E-state index in [1.807, 2.05) is 18.3 Å². The van der Waals surface area contributed by atoms with Crippen molar-refractivity contribution in [3.8, 4) is 5.75 Å². The van der Waals surface area contributed by atoms with Crippen LogP contribution in [-0.4, -0.2) is 11.6 Å². The van der Waals surface area contributed by atoms with Crippen molar-refractivity contribution in [1.29, 1.82) is 0 Å². The Hall–Kier alpha value is -1.25. The molecule has 1 aromatic carbocycles. The molecule has 0 unspecified atom stereocenters. The Morgan fingerprint density at radius 1 is 1.18 bits per heavy atom. The van der Waals surface area contributed by atoms with Crippen molar-refractivity contribution in [1.82, 2.24) is 4.98 Å². The van der Waals surface area contributed by atoms with E-state index in [9.17, 15) is 0 Å². The molecule has 0 amide bonds. The van der Waals surface area contributed by atoms with E-state index in [4.69, 9.17) is 27.9 Å². The summed E-state index contributed by atoms with van der Waals surface area (Å²) >= 11 is 11.8. The smallest absolute Gasteiger partial charge is 0.139 e. The van der Waals surface area contributed by atoms with E-state index in [2.05, 4.69) is 4.98 Å². The van der Waals surface area contributed by atoms with Crippen molar-refractivity contribution in [2.24, 2.45) is 0 Å². The third kappa shape index (κ3) is 3.62. The van der Waals surface area contributed by atoms with Crippen LogP contribution in [0.4, 0.5) is 0 Å². The molecular weight excluding hydrogens is 257 g/mol. The topological polar surface area (TPSA) is 22.1 Å². The number of halogens is 2. The predicted octanol–water partition coefficient (Wildman–Crippen LogP) is 4.01. The van der Waals surface area contributed by atoms with E-state index in [1.54, 1.807) is 24.4 Å². The third-order valence-corrected chi connectivity index (χ3v) is 2.81. The maximum absolute atomic E-state index is 5.98. The summed E-state index contributed by atoms with van der Waals surface area (Å²) in [4.78, 5) is 4.04. The quantitative estimate of drug-likeness (QED) is 0.835. The zero-order valence-corrected chi connectivity index (χ0v) is 10.6. The summed E-state index contributed by atoms with van der Waals surface area (Å²) in [6, 6.07) is 9.09. The largest absolute Gasteiger partial charge is 0.492 e. The van der Waals surface area contributed by atoms with Crippen LogP contribution >= 0.6 is 23.2 Å². The molecule has 0 aliphatic rings. The Bertz CT molecular complexity index is 488. The van der Waals surface area contributed by atoms with Crippen molar-refractivity contribution in [3.05, 3.63) is 58.3 Å². The molecule has 0 aliphatic heterocycles. The standard InChI is InChI=1S/C13H11Cl2NO/c14-11-3-4-12(15)13(8-11)17-7-5-10-2-1-6-16-9-10/h1-4,6,8-9H,5,7H2. The first-order chi connectivity index (χ1) is 8.25. The lowest BCUT2D eigenvalue weighted by atomic mass is 10.2. The number of nitrogens with zero attached hydrogens (tertiary/aromatic N) is 1. The summed E-state index contributed by atoms with van der Waals surface area (Å²) in [5, 5.41) is 1.19. The van der Waals surface area contributed by atoms with Gasteiger partial charge in [-0.3, -0.25) is 4.98 Å². The van der Waals surface area contributed by atoms with Gasteiger partial charge >= 0.3 is 0 Å². The predicted molar refractivity (Wildman–Crippen MR) is 69.9 cm³/mol. The van der Waals surface area contributed by atoms with Crippen molar-refractivity contribution >= 4 is 23.2 Å². The van der Waals surface area contributed by atoms with Gasteiger partial charge in [-0.1, -0.05) is 29.3 Å². The summed E-state index contributed by atoms with van der Waals surface area (Å²) in [5.74, 6) is 0.614. The van der Waals surface area contributed by atoms with Crippen molar-refractivity contribution in [2.75, 3.05) is 6.61 Å². The van der Waals surface area contributed by atoms with Crippen LogP contribution < -0.4 is 4.74 Å². The third-order valence-electron chi connectivity index (χ3n) is 2.26. The minimum absolute atomic E-state index is 0.547. The van der Waals surface area contributed by atoms with Crippen LogP contribution in [0.5, 0.6) is 5.75 Å². The molecule has 2 rings (SSSR count). The summed E-state index contributed by atoms with van der Waals surface area (Å²) < 4.78 is 5.58. The Labute approximate surface area is 110 Å². The number of hydrogen-bond donors (Lipinski definition) is 0. The van der Waals surface area contributed by atoms with Gasteiger partial charge in [0.1, 0.15) is 5.75 Å². The zero-order valence-electron chi connectivity index (χ0n) is 9.07. The lowest BCUT2D eigenvalue weighted by Gasteiger charge is -2.08. The van der Waals surface area contributed by atoms with Crippen LogP contribution in [0.15, 0.2) is 42.7 Å². The molecule has 0 aliphatic carbocycles. The molecule has 4 heteroatoms. The summed E-state index contributed by atoms with van der Waals surface area (Å²) in [5.41, 5.74) is 1.13. The van der Waals surface area contributed by atoms with Gasteiger partial charge in [-0.05, 0) is 23.8 Å². The maximum Gasteiger partial charge on any atom is 0.139 e. The molecule has 0 saturated carbocycles. The number of benzene rings is 1. The van der Waals surface area contributed by atoms with Crippen LogP contribution in [0.1, 0.15) is 5.56 Å². The zero-order chi connectivity index (χ0) is 12.1. The van der Waals surface area contributed by atoms with Gasteiger partial charge in [-0.25, -0.2) is 0 Å². The van der Waals surface area contributed by atoms with Gasteiger partial charge < -0.3 is 4.74 Å². The lowest BCUT2D eigenvalue weighted by Crippen LogP contribution is -2.01. The van der Waals surface area contributed by atoms with Crippen LogP contribution in [0.25, 0.3) is 0 Å². The van der Waals surface area contributed by atoms with Gasteiger partial charge in [0.25, 0.3) is 0 Å². The van der Waals surface area contributed by atoms with Crippen LogP contribution in [0, 0.1) is 0 Å². The number of aromatic nitrogens is 1. The van der Waals surface area contributed by atoms with Crippen LogP contribution in [-0.2, 0) is 6.42 Å². The molecule has 88 valence electrons. The van der Waals surface area contributed by atoms with Crippen molar-refractivity contribution in [3.63, 3.8) is 0 Å². The molecule has 2 aromatic rings. The molecule has 0 spiro atoms. The van der Waals surface area contributed by atoms with E-state index >= 15 is 0 Å². The van der Waals surface area contributed by atoms with Crippen molar-refractivity contribution in [2.45, 2.75) is 6.42 Å². The van der Waals surface area contributed by atoms with E-state index in [1.165, 1.54) is 0 Å². The molecule has 0 fully saturated rings. The highest BCUT2D eigenvalue weighted by Crippen LogP contribution is 2.27. The summed E-state index contributed by atoms with van der Waals surface area (Å²) in [7, 11) is 0. The average Bonchev–Trinajstić information content (AvgIpc) is 2.35. The second-order valence-corrected chi connectivity index (χ2v) is 4.38. The molecule has 0 N–H and O–H groups in total. The maximum atomic E-state index is 5.98. The fraction of sp³-hybridized carbons (Fsp3) is 0.154. The van der Waals surface area contributed by atoms with E-state index in [-0.39, 0.29) is 0 Å². The molecule has 1 heterocycles. The molecule has 0 bridgehead atoms. The highest BCUT2D eigenvalue weighted by atomic mass is 35.5. The van der Waals surface area contributed by atoms with Gasteiger partial charge in [0.2, 0.25) is 0 Å². The van der Waals surface area contributed by atoms with E-state index in [0.29, 0.717) is 22.4 Å². The summed E-state index contributed by atoms with van der Waals surface area (Å²) in [6.07, 6.45) is 4.36. The fourth-order valence-corrected chi connectivity index (χ4v) is 1.75. The number of hydrogen-bond acceptors (Lipinski definition) is 2. The summed E-state index contributed by atoms with van der Waals surface area (Å²) in [6.45, 7) is 0.547. The molecule has 0 atom stereocenters. The first-order valence-corrected chi connectivity index (χ1v) is 5.98. The normalized spacial score (nSPS) is 10.2. The minimum atomic E-state index is 0.547. The monoisotopic (exact) mass is 267 g/mol. The van der Waals surface area contributed by atoms with Crippen LogP contribution in [0.2, 0.25) is 10.0 Å². The first kappa shape index (κ1) is 12.2. The average molecular weight is 268 g/mol. The Kier molecular flexibility index (Phi) is 4.24. The van der Waals surface area contributed by atoms with E-state index < -0.39 is 0 Å². The fourth-order valence-electron chi connectivity index (χ4n) is 1.41. The molecule has 1 aromatic heterocycles. The SMILES string of the molecule is Clc1ccc(Cl)c(OCCc2cccnc2)c1. The van der Waals surface area contributed by atoms with E-state index in [0.717, 1.165) is 12.0 Å². The lowest BCUT2D eigenvalue weighted by molar-refractivity contribution is 0.322. The Morgan fingerprint density at radius 2 is 2.06 bits per heavy atom. The van der Waals surface area contributed by atoms with Crippen molar-refractivity contribution < 1.29 is 4.74 Å². The highest BCUT2D eigenvalue weighted by molar-refractivity contribution is 6.34. The second-order valence-electron chi connectivity index (χ2n) is 3.53. The molecule has 0 radical (unpaired) electrons. The Morgan fingerprint density at radius 3 is 2.82 bits per heavy atom. The van der Waals surface area contributed by atoms with Gasteiger partial charge in [0.15, 0.2) is 0 Å². The Balaban J connectivity index is 1.92. The van der Waals surface area contributed by atoms with Gasteiger partial charge in [0, 0.05) is 29.9 Å². The number of ether oxygens (including phenoxy) is 1.